The van der Waals surface area contributed by atoms with Gasteiger partial charge >= 0.3 is 6.03 Å². The fraction of sp³-hybridized carbons (Fsp3) is 0.417. The van der Waals surface area contributed by atoms with Gasteiger partial charge in [-0.25, -0.2) is 4.79 Å². The number of urea groups is 1. The highest BCUT2D eigenvalue weighted by atomic mass is 32.1. The molecule has 7 nitrogen and oxygen atoms in total. The van der Waals surface area contributed by atoms with Gasteiger partial charge < -0.3 is 20.3 Å². The van der Waals surface area contributed by atoms with Crippen molar-refractivity contribution in [3.8, 4) is 0 Å². The van der Waals surface area contributed by atoms with Gasteiger partial charge in [-0.2, -0.15) is 4.98 Å². The lowest BCUT2D eigenvalue weighted by molar-refractivity contribution is 0.0631. The highest BCUT2D eigenvalue weighted by Gasteiger charge is 2.24. The molecule has 0 aliphatic heterocycles. The van der Waals surface area contributed by atoms with Gasteiger partial charge in [-0.1, -0.05) is 11.2 Å². The van der Waals surface area contributed by atoms with Crippen molar-refractivity contribution in [1.29, 1.82) is 0 Å². The van der Waals surface area contributed by atoms with Gasteiger partial charge in [0.05, 0.1) is 13.1 Å². The van der Waals surface area contributed by atoms with Crippen LogP contribution in [0.1, 0.15) is 23.5 Å². The number of carbonyl (C=O) groups excluding carboxylic acids is 1. The van der Waals surface area contributed by atoms with Crippen molar-refractivity contribution in [2.24, 2.45) is 0 Å². The average Bonchev–Trinajstić information content (AvgIpc) is 3.05. The molecule has 0 fully saturated rings. The lowest BCUT2D eigenvalue weighted by Crippen LogP contribution is -2.42. The Morgan fingerprint density at radius 3 is 2.95 bits per heavy atom. The fourth-order valence-corrected chi connectivity index (χ4v) is 2.34. The molecule has 8 heteroatoms. The lowest BCUT2D eigenvalue weighted by atomic mass is 10.1. The molecule has 0 aliphatic carbocycles. The van der Waals surface area contributed by atoms with E-state index in [0.29, 0.717) is 11.7 Å². The van der Waals surface area contributed by atoms with Crippen molar-refractivity contribution < 1.29 is 14.4 Å². The number of hydrogen-bond donors (Lipinski definition) is 3. The lowest BCUT2D eigenvalue weighted by Gasteiger charge is -2.22. The number of aliphatic hydroxyl groups is 1. The number of carbonyl (C=O) groups is 1. The Bertz CT molecular complexity index is 565. The van der Waals surface area contributed by atoms with Crippen LogP contribution < -0.4 is 10.6 Å². The molecule has 0 aliphatic rings. The SMILES string of the molecule is Cc1noc(CNC(=O)NCC(C)(O)c2cccs2)n1. The van der Waals surface area contributed by atoms with E-state index in [0.717, 1.165) is 4.88 Å². The fourth-order valence-electron chi connectivity index (χ4n) is 1.55. The van der Waals surface area contributed by atoms with Crippen LogP contribution in [0.5, 0.6) is 0 Å². The summed E-state index contributed by atoms with van der Waals surface area (Å²) >= 11 is 1.44. The first-order valence-electron chi connectivity index (χ1n) is 6.04. The predicted octanol–water partition coefficient (Wildman–Crippen LogP) is 1.15. The van der Waals surface area contributed by atoms with E-state index in [1.165, 1.54) is 11.3 Å². The third-order valence-corrected chi connectivity index (χ3v) is 3.74. The van der Waals surface area contributed by atoms with Gasteiger partial charge in [0, 0.05) is 4.88 Å². The quantitative estimate of drug-likeness (QED) is 0.768. The van der Waals surface area contributed by atoms with E-state index in [4.69, 9.17) is 4.52 Å². The van der Waals surface area contributed by atoms with E-state index in [1.54, 1.807) is 13.8 Å². The summed E-state index contributed by atoms with van der Waals surface area (Å²) in [5, 5.41) is 20.9. The normalized spacial score (nSPS) is 13.8. The number of rotatable bonds is 5. The molecular formula is C12H16N4O3S. The van der Waals surface area contributed by atoms with Gasteiger partial charge in [0.1, 0.15) is 5.60 Å². The minimum absolute atomic E-state index is 0.113. The van der Waals surface area contributed by atoms with Crippen LogP contribution in [0.25, 0.3) is 0 Å². The van der Waals surface area contributed by atoms with Gasteiger partial charge in [0.15, 0.2) is 5.82 Å². The number of nitrogens with one attached hydrogen (secondary N) is 2. The topological polar surface area (TPSA) is 100 Å². The van der Waals surface area contributed by atoms with Crippen LogP contribution in [0, 0.1) is 6.92 Å². The molecule has 3 N–H and O–H groups in total. The zero-order valence-corrected chi connectivity index (χ0v) is 12.0. The summed E-state index contributed by atoms with van der Waals surface area (Å²) in [6, 6.07) is 3.27. The number of thiophene rings is 1. The van der Waals surface area contributed by atoms with Gasteiger partial charge in [0.2, 0.25) is 5.89 Å². The van der Waals surface area contributed by atoms with Crippen LogP contribution in [0.15, 0.2) is 22.0 Å². The molecule has 1 atom stereocenters. The van der Waals surface area contributed by atoms with Crippen molar-refractivity contribution in [2.75, 3.05) is 6.54 Å². The van der Waals surface area contributed by atoms with Gasteiger partial charge in [-0.05, 0) is 25.3 Å². The first-order valence-corrected chi connectivity index (χ1v) is 6.92. The highest BCUT2D eigenvalue weighted by molar-refractivity contribution is 7.10. The summed E-state index contributed by atoms with van der Waals surface area (Å²) in [5.74, 6) is 0.852. The number of aryl methyl sites for hydroxylation is 1. The van der Waals surface area contributed by atoms with Crippen LogP contribution >= 0.6 is 11.3 Å². The van der Waals surface area contributed by atoms with Crippen molar-refractivity contribution in [2.45, 2.75) is 26.0 Å². The second kappa shape index (κ2) is 6.02. The van der Waals surface area contributed by atoms with Crippen LogP contribution in [-0.2, 0) is 12.1 Å². The molecule has 0 radical (unpaired) electrons. The maximum Gasteiger partial charge on any atom is 0.315 e. The molecule has 20 heavy (non-hydrogen) atoms. The van der Waals surface area contributed by atoms with Crippen molar-refractivity contribution in [1.82, 2.24) is 20.8 Å². The Hall–Kier alpha value is -1.93. The summed E-state index contributed by atoms with van der Waals surface area (Å²) in [6.45, 7) is 3.61. The summed E-state index contributed by atoms with van der Waals surface area (Å²) in [7, 11) is 0. The van der Waals surface area contributed by atoms with Crippen LogP contribution in [-0.4, -0.2) is 27.8 Å². The highest BCUT2D eigenvalue weighted by Crippen LogP contribution is 2.24. The molecule has 2 aromatic rings. The predicted molar refractivity (Wildman–Crippen MR) is 73.2 cm³/mol. The number of aromatic nitrogens is 2. The molecule has 0 bridgehead atoms. The largest absolute Gasteiger partial charge is 0.383 e. The third-order valence-electron chi connectivity index (χ3n) is 2.61. The summed E-state index contributed by atoms with van der Waals surface area (Å²) < 4.78 is 4.87. The molecule has 2 heterocycles. The van der Waals surface area contributed by atoms with Gasteiger partial charge in [0.25, 0.3) is 0 Å². The number of amides is 2. The Balaban J connectivity index is 1.77. The Morgan fingerprint density at radius 1 is 1.55 bits per heavy atom. The second-order valence-electron chi connectivity index (χ2n) is 4.52. The Kier molecular flexibility index (Phi) is 4.35. The maximum absolute atomic E-state index is 11.6. The minimum atomic E-state index is -1.09. The average molecular weight is 296 g/mol. The minimum Gasteiger partial charge on any atom is -0.383 e. The number of nitrogens with zero attached hydrogens (tertiary/aromatic N) is 2. The zero-order valence-electron chi connectivity index (χ0n) is 11.2. The van der Waals surface area contributed by atoms with E-state index in [9.17, 15) is 9.90 Å². The maximum atomic E-state index is 11.6. The van der Waals surface area contributed by atoms with E-state index in [1.807, 2.05) is 17.5 Å². The monoisotopic (exact) mass is 296 g/mol. The molecule has 2 amide bonds. The van der Waals surface area contributed by atoms with E-state index >= 15 is 0 Å². The Labute approximate surface area is 120 Å². The molecule has 0 saturated heterocycles. The summed E-state index contributed by atoms with van der Waals surface area (Å²) in [4.78, 5) is 16.4. The standard InChI is InChI=1S/C12H16N4O3S/c1-8-15-10(19-16-8)6-13-11(17)14-7-12(2,18)9-4-3-5-20-9/h3-5,18H,6-7H2,1-2H3,(H2,13,14,17). The molecule has 108 valence electrons. The van der Waals surface area contributed by atoms with Crippen LogP contribution in [0.3, 0.4) is 0 Å². The first kappa shape index (κ1) is 14.5. The van der Waals surface area contributed by atoms with Crippen molar-refractivity contribution >= 4 is 17.4 Å². The van der Waals surface area contributed by atoms with Gasteiger partial charge in [-0.3, -0.25) is 0 Å². The first-order chi connectivity index (χ1) is 9.47. The summed E-state index contributed by atoms with van der Waals surface area (Å²) in [6.07, 6.45) is 0. The summed E-state index contributed by atoms with van der Waals surface area (Å²) in [5.41, 5.74) is -1.09. The van der Waals surface area contributed by atoms with Crippen LogP contribution in [0.2, 0.25) is 0 Å². The second-order valence-corrected chi connectivity index (χ2v) is 5.47. The smallest absolute Gasteiger partial charge is 0.315 e. The van der Waals surface area contributed by atoms with E-state index < -0.39 is 11.6 Å². The third kappa shape index (κ3) is 3.78. The number of hydrogen-bond acceptors (Lipinski definition) is 6. The molecule has 0 spiro atoms. The Morgan fingerprint density at radius 2 is 2.35 bits per heavy atom. The molecule has 2 rings (SSSR count). The molecule has 2 aromatic heterocycles. The van der Waals surface area contributed by atoms with Crippen molar-refractivity contribution in [3.63, 3.8) is 0 Å². The molecule has 1 unspecified atom stereocenters. The van der Waals surface area contributed by atoms with Crippen molar-refractivity contribution in [3.05, 3.63) is 34.1 Å². The van der Waals surface area contributed by atoms with Gasteiger partial charge in [-0.15, -0.1) is 11.3 Å². The van der Waals surface area contributed by atoms with E-state index in [2.05, 4.69) is 20.8 Å². The van der Waals surface area contributed by atoms with Crippen LogP contribution in [0.4, 0.5) is 4.79 Å². The van der Waals surface area contributed by atoms with E-state index in [-0.39, 0.29) is 13.1 Å². The molecule has 0 saturated carbocycles. The molecule has 0 aromatic carbocycles. The molecular weight excluding hydrogens is 280 g/mol. The zero-order chi connectivity index (χ0) is 14.6.